The van der Waals surface area contributed by atoms with Crippen LogP contribution in [0.4, 0.5) is 4.79 Å². The summed E-state index contributed by atoms with van der Waals surface area (Å²) < 4.78 is 5.19. The van der Waals surface area contributed by atoms with E-state index in [1.54, 1.807) is 11.8 Å². The lowest BCUT2D eigenvalue weighted by atomic mass is 9.84. The van der Waals surface area contributed by atoms with E-state index in [9.17, 15) is 14.4 Å². The highest BCUT2D eigenvalue weighted by Crippen LogP contribution is 2.29. The van der Waals surface area contributed by atoms with Crippen molar-refractivity contribution in [3.8, 4) is 0 Å². The van der Waals surface area contributed by atoms with Crippen molar-refractivity contribution in [3.05, 3.63) is 0 Å². The Morgan fingerprint density at radius 2 is 1.92 bits per heavy atom. The van der Waals surface area contributed by atoms with Crippen LogP contribution in [0.5, 0.6) is 0 Å². The van der Waals surface area contributed by atoms with Crippen molar-refractivity contribution >= 4 is 17.9 Å². The number of alkyl carbamates (subject to hydrolysis) is 1. The van der Waals surface area contributed by atoms with Gasteiger partial charge in [0.25, 0.3) is 0 Å². The number of nitrogens with zero attached hydrogens (tertiary/aromatic N) is 1. The molecular formula is C19H33N3O4. The van der Waals surface area contributed by atoms with E-state index < -0.39 is 17.7 Å². The van der Waals surface area contributed by atoms with Crippen molar-refractivity contribution in [1.82, 2.24) is 15.5 Å². The zero-order valence-corrected chi connectivity index (χ0v) is 16.5. The molecule has 26 heavy (non-hydrogen) atoms. The number of unbranched alkanes of at least 4 members (excludes halogenated alkanes) is 1. The topological polar surface area (TPSA) is 87.7 Å². The zero-order chi connectivity index (χ0) is 19.3. The van der Waals surface area contributed by atoms with Crippen LogP contribution in [0.25, 0.3) is 0 Å². The molecule has 0 radical (unpaired) electrons. The molecule has 1 aliphatic heterocycles. The standard InChI is InChI=1S/C19H33N3O4/c1-13-16(23)21-15-10-6-5-9-14(15)17(24)22(13)12-8-7-11-20-18(25)26-19(2,3)4/h13-15H,5-12H2,1-4H3,(H,20,25)(H,21,23)/t13-,14-,15+/m0/s1. The number of nitrogens with one attached hydrogen (secondary N) is 2. The first-order valence-electron chi connectivity index (χ1n) is 9.77. The van der Waals surface area contributed by atoms with E-state index in [0.29, 0.717) is 13.1 Å². The second-order valence-electron chi connectivity index (χ2n) is 8.35. The number of fused-ring (bicyclic) bond motifs is 1. The summed E-state index contributed by atoms with van der Waals surface area (Å²) in [5.41, 5.74) is -0.512. The van der Waals surface area contributed by atoms with Crippen LogP contribution in [0.2, 0.25) is 0 Å². The normalized spacial score (nSPS) is 26.6. The average molecular weight is 367 g/mol. The Morgan fingerprint density at radius 1 is 1.23 bits per heavy atom. The molecular weight excluding hydrogens is 334 g/mol. The van der Waals surface area contributed by atoms with Crippen LogP contribution in [0.15, 0.2) is 0 Å². The fraction of sp³-hybridized carbons (Fsp3) is 0.842. The van der Waals surface area contributed by atoms with Crippen LogP contribution < -0.4 is 10.6 Å². The number of amides is 3. The SMILES string of the molecule is C[C@H]1C(=O)N[C@@H]2CCCC[C@@H]2C(=O)N1CCCCNC(=O)OC(C)(C)C. The van der Waals surface area contributed by atoms with Gasteiger partial charge in [0.05, 0.1) is 5.92 Å². The molecule has 0 aromatic carbocycles. The highest BCUT2D eigenvalue weighted by atomic mass is 16.6. The van der Waals surface area contributed by atoms with Crippen LogP contribution >= 0.6 is 0 Å². The molecule has 7 nitrogen and oxygen atoms in total. The van der Waals surface area contributed by atoms with Gasteiger partial charge >= 0.3 is 6.09 Å². The van der Waals surface area contributed by atoms with Gasteiger partial charge in [-0.15, -0.1) is 0 Å². The molecule has 0 spiro atoms. The molecule has 2 fully saturated rings. The summed E-state index contributed by atoms with van der Waals surface area (Å²) in [6.45, 7) is 8.28. The van der Waals surface area contributed by atoms with Gasteiger partial charge in [0.1, 0.15) is 11.6 Å². The number of carbonyl (C=O) groups is 3. The molecule has 3 atom stereocenters. The van der Waals surface area contributed by atoms with Crippen LogP contribution in [-0.2, 0) is 14.3 Å². The first-order chi connectivity index (χ1) is 12.2. The lowest BCUT2D eigenvalue weighted by Gasteiger charge is -2.31. The molecule has 7 heteroatoms. The van der Waals surface area contributed by atoms with Gasteiger partial charge in [0.2, 0.25) is 11.8 Å². The summed E-state index contributed by atoms with van der Waals surface area (Å²) in [6.07, 6.45) is 4.89. The maximum Gasteiger partial charge on any atom is 0.407 e. The first-order valence-corrected chi connectivity index (χ1v) is 9.77. The molecule has 2 N–H and O–H groups in total. The van der Waals surface area contributed by atoms with Crippen LogP contribution in [0, 0.1) is 5.92 Å². The molecule has 1 aliphatic carbocycles. The largest absolute Gasteiger partial charge is 0.444 e. The van der Waals surface area contributed by atoms with E-state index in [1.165, 1.54) is 0 Å². The quantitative estimate of drug-likeness (QED) is 0.729. The highest BCUT2D eigenvalue weighted by molar-refractivity contribution is 5.91. The second-order valence-corrected chi connectivity index (χ2v) is 8.35. The Hall–Kier alpha value is -1.79. The van der Waals surface area contributed by atoms with Crippen molar-refractivity contribution in [2.24, 2.45) is 5.92 Å². The molecule has 0 aromatic heterocycles. The van der Waals surface area contributed by atoms with Gasteiger partial charge in [-0.3, -0.25) is 9.59 Å². The summed E-state index contributed by atoms with van der Waals surface area (Å²) in [6, 6.07) is -0.447. The van der Waals surface area contributed by atoms with Crippen molar-refractivity contribution in [3.63, 3.8) is 0 Å². The molecule has 0 aromatic rings. The summed E-state index contributed by atoms with van der Waals surface area (Å²) in [7, 11) is 0. The predicted octanol–water partition coefficient (Wildman–Crippen LogP) is 2.20. The monoisotopic (exact) mass is 367 g/mol. The minimum Gasteiger partial charge on any atom is -0.444 e. The van der Waals surface area contributed by atoms with E-state index in [-0.39, 0.29) is 23.8 Å². The van der Waals surface area contributed by atoms with Crippen LogP contribution in [0.1, 0.15) is 66.2 Å². The Bertz CT molecular complexity index is 529. The van der Waals surface area contributed by atoms with Gasteiger partial charge in [-0.05, 0) is 53.4 Å². The highest BCUT2D eigenvalue weighted by Gasteiger charge is 2.41. The lowest BCUT2D eigenvalue weighted by Crippen LogP contribution is -2.45. The third-order valence-corrected chi connectivity index (χ3v) is 5.03. The third-order valence-electron chi connectivity index (χ3n) is 5.03. The Morgan fingerprint density at radius 3 is 2.62 bits per heavy atom. The van der Waals surface area contributed by atoms with Crippen molar-refractivity contribution in [2.75, 3.05) is 13.1 Å². The van der Waals surface area contributed by atoms with Crippen LogP contribution in [0.3, 0.4) is 0 Å². The molecule has 0 bridgehead atoms. The van der Waals surface area contributed by atoms with Crippen LogP contribution in [-0.4, -0.2) is 53.6 Å². The summed E-state index contributed by atoms with van der Waals surface area (Å²) in [5, 5.41) is 5.78. The van der Waals surface area contributed by atoms with E-state index >= 15 is 0 Å². The van der Waals surface area contributed by atoms with Gasteiger partial charge < -0.3 is 20.3 Å². The van der Waals surface area contributed by atoms with Crippen molar-refractivity contribution in [2.45, 2.75) is 83.9 Å². The fourth-order valence-electron chi connectivity index (χ4n) is 3.66. The fourth-order valence-corrected chi connectivity index (χ4v) is 3.66. The molecule has 2 rings (SSSR count). The maximum atomic E-state index is 12.9. The maximum absolute atomic E-state index is 12.9. The number of carbonyl (C=O) groups excluding carboxylic acids is 3. The predicted molar refractivity (Wildman–Crippen MR) is 98.5 cm³/mol. The summed E-state index contributed by atoms with van der Waals surface area (Å²) >= 11 is 0. The van der Waals surface area contributed by atoms with Gasteiger partial charge in [-0.2, -0.15) is 0 Å². The molecule has 2 aliphatic rings. The third kappa shape index (κ3) is 5.61. The smallest absolute Gasteiger partial charge is 0.407 e. The van der Waals surface area contributed by atoms with Crippen molar-refractivity contribution in [1.29, 1.82) is 0 Å². The van der Waals surface area contributed by atoms with Gasteiger partial charge in [-0.1, -0.05) is 12.8 Å². The number of rotatable bonds is 5. The van der Waals surface area contributed by atoms with E-state index in [0.717, 1.165) is 38.5 Å². The first kappa shape index (κ1) is 20.5. The number of hydrogen-bond donors (Lipinski definition) is 2. The number of ether oxygens (including phenoxy) is 1. The van der Waals surface area contributed by atoms with Gasteiger partial charge in [0.15, 0.2) is 0 Å². The molecule has 0 unspecified atom stereocenters. The summed E-state index contributed by atoms with van der Waals surface area (Å²) in [4.78, 5) is 38.6. The Kier molecular flexibility index (Phi) is 6.89. The molecule has 148 valence electrons. The molecule has 1 heterocycles. The van der Waals surface area contributed by atoms with E-state index in [1.807, 2.05) is 20.8 Å². The second kappa shape index (κ2) is 8.73. The van der Waals surface area contributed by atoms with Crippen molar-refractivity contribution < 1.29 is 19.1 Å². The molecule has 1 saturated heterocycles. The van der Waals surface area contributed by atoms with Gasteiger partial charge in [0, 0.05) is 19.1 Å². The number of hydrogen-bond acceptors (Lipinski definition) is 4. The zero-order valence-electron chi connectivity index (χ0n) is 16.5. The Labute approximate surface area is 156 Å². The molecule has 3 amide bonds. The van der Waals surface area contributed by atoms with Gasteiger partial charge in [-0.25, -0.2) is 4.79 Å². The molecule has 1 saturated carbocycles. The minimum absolute atomic E-state index is 0.00923. The minimum atomic E-state index is -0.512. The average Bonchev–Trinajstić information content (AvgIpc) is 2.63. The summed E-state index contributed by atoms with van der Waals surface area (Å²) in [5.74, 6) is -0.0437. The van der Waals surface area contributed by atoms with E-state index in [4.69, 9.17) is 4.74 Å². The lowest BCUT2D eigenvalue weighted by molar-refractivity contribution is -0.140. The van der Waals surface area contributed by atoms with E-state index in [2.05, 4.69) is 10.6 Å². The Balaban J connectivity index is 1.80.